The van der Waals surface area contributed by atoms with Crippen molar-refractivity contribution < 1.29 is 28.5 Å². The van der Waals surface area contributed by atoms with Crippen LogP contribution in [0.5, 0.6) is 23.1 Å². The van der Waals surface area contributed by atoms with Crippen LogP contribution in [0.3, 0.4) is 0 Å². The Balaban J connectivity index is 2.57. The van der Waals surface area contributed by atoms with Crippen molar-refractivity contribution in [1.29, 1.82) is 0 Å². The maximum Gasteiger partial charge on any atom is 0.342 e. The molecule has 0 amide bonds. The van der Waals surface area contributed by atoms with Gasteiger partial charge in [-0.2, -0.15) is 0 Å². The van der Waals surface area contributed by atoms with E-state index in [1.807, 2.05) is 0 Å². The maximum absolute atomic E-state index is 12.2. The third-order valence-corrected chi connectivity index (χ3v) is 3.70. The number of hydrogen-bond donors (Lipinski definition) is 0. The van der Waals surface area contributed by atoms with Crippen molar-refractivity contribution in [1.82, 2.24) is 4.98 Å². The fourth-order valence-electron chi connectivity index (χ4n) is 2.37. The van der Waals surface area contributed by atoms with Crippen LogP contribution in [0.1, 0.15) is 21.5 Å². The van der Waals surface area contributed by atoms with Crippen LogP contribution in [0.25, 0.3) is 12.2 Å². The third-order valence-electron chi connectivity index (χ3n) is 3.70. The lowest BCUT2D eigenvalue weighted by Crippen LogP contribution is -2.07. The first-order valence-electron chi connectivity index (χ1n) is 7.68. The normalized spacial score (nSPS) is 10.5. The van der Waals surface area contributed by atoms with E-state index in [1.165, 1.54) is 28.4 Å². The lowest BCUT2D eigenvalue weighted by atomic mass is 10.0. The molecule has 0 unspecified atom stereocenters. The molecule has 0 saturated carbocycles. The zero-order valence-corrected chi connectivity index (χ0v) is 15.4. The number of ether oxygens (including phenoxy) is 5. The van der Waals surface area contributed by atoms with E-state index in [9.17, 15) is 4.79 Å². The van der Waals surface area contributed by atoms with Crippen LogP contribution in [0.15, 0.2) is 24.4 Å². The molecule has 0 fully saturated rings. The second-order valence-electron chi connectivity index (χ2n) is 5.09. The summed E-state index contributed by atoms with van der Waals surface area (Å²) in [6.07, 6.45) is 5.09. The van der Waals surface area contributed by atoms with E-state index in [-0.39, 0.29) is 0 Å². The summed E-state index contributed by atoms with van der Waals surface area (Å²) in [6.45, 7) is 0. The van der Waals surface area contributed by atoms with Gasteiger partial charge < -0.3 is 23.7 Å². The number of carbonyl (C=O) groups is 1. The van der Waals surface area contributed by atoms with Gasteiger partial charge in [0, 0.05) is 17.7 Å². The van der Waals surface area contributed by atoms with Crippen LogP contribution in [0.2, 0.25) is 0 Å². The highest BCUT2D eigenvalue weighted by Crippen LogP contribution is 2.31. The smallest absolute Gasteiger partial charge is 0.342 e. The molecular formula is C19H21NO6. The summed E-state index contributed by atoms with van der Waals surface area (Å²) in [5.41, 5.74) is 1.61. The van der Waals surface area contributed by atoms with Gasteiger partial charge in [0.05, 0.1) is 41.7 Å². The lowest BCUT2D eigenvalue weighted by molar-refractivity contribution is 0.0597. The van der Waals surface area contributed by atoms with Gasteiger partial charge in [-0.1, -0.05) is 12.2 Å². The number of nitrogens with zero attached hydrogens (tertiary/aromatic N) is 1. The average molecular weight is 359 g/mol. The molecule has 1 heterocycles. The molecule has 0 aliphatic rings. The Morgan fingerprint density at radius 3 is 2.12 bits per heavy atom. The van der Waals surface area contributed by atoms with Crippen LogP contribution in [0.4, 0.5) is 0 Å². The van der Waals surface area contributed by atoms with Crippen molar-refractivity contribution in [2.24, 2.45) is 0 Å². The zero-order chi connectivity index (χ0) is 19.1. The minimum absolute atomic E-state index is 0.298. The second kappa shape index (κ2) is 8.75. The molecule has 0 saturated heterocycles. The molecular weight excluding hydrogens is 338 g/mol. The van der Waals surface area contributed by atoms with E-state index in [0.29, 0.717) is 34.3 Å². The molecule has 0 spiro atoms. The van der Waals surface area contributed by atoms with Crippen molar-refractivity contribution in [3.63, 3.8) is 0 Å². The first-order valence-corrected chi connectivity index (χ1v) is 7.68. The number of pyridine rings is 1. The van der Waals surface area contributed by atoms with Crippen molar-refractivity contribution in [2.45, 2.75) is 0 Å². The third kappa shape index (κ3) is 4.05. The van der Waals surface area contributed by atoms with Crippen LogP contribution in [-0.4, -0.2) is 46.5 Å². The zero-order valence-electron chi connectivity index (χ0n) is 15.4. The minimum Gasteiger partial charge on any atom is -0.497 e. The molecule has 2 rings (SSSR count). The van der Waals surface area contributed by atoms with Gasteiger partial charge in [0.2, 0.25) is 5.88 Å². The SMILES string of the molecule is COC(=O)c1c(/C=C/c2cc(OC)ncc2OC)cc(OC)cc1OC. The number of rotatable bonds is 7. The minimum atomic E-state index is -0.511. The van der Waals surface area contributed by atoms with Gasteiger partial charge in [-0.15, -0.1) is 0 Å². The highest BCUT2D eigenvalue weighted by Gasteiger charge is 2.19. The molecule has 0 aliphatic carbocycles. The molecule has 26 heavy (non-hydrogen) atoms. The topological polar surface area (TPSA) is 76.1 Å². The quantitative estimate of drug-likeness (QED) is 0.703. The van der Waals surface area contributed by atoms with E-state index in [0.717, 1.165) is 5.56 Å². The molecule has 0 aliphatic heterocycles. The van der Waals surface area contributed by atoms with Gasteiger partial charge in [-0.05, 0) is 11.6 Å². The fraction of sp³-hybridized carbons (Fsp3) is 0.263. The van der Waals surface area contributed by atoms with Crippen LogP contribution in [-0.2, 0) is 4.74 Å². The predicted octanol–water partition coefficient (Wildman–Crippen LogP) is 3.07. The summed E-state index contributed by atoms with van der Waals surface area (Å²) in [4.78, 5) is 16.3. The molecule has 1 aromatic heterocycles. The van der Waals surface area contributed by atoms with E-state index >= 15 is 0 Å². The highest BCUT2D eigenvalue weighted by atomic mass is 16.5. The molecule has 138 valence electrons. The van der Waals surface area contributed by atoms with Crippen molar-refractivity contribution >= 4 is 18.1 Å². The molecule has 7 heteroatoms. The Labute approximate surface area is 152 Å². The van der Waals surface area contributed by atoms with Crippen molar-refractivity contribution in [3.05, 3.63) is 41.1 Å². The largest absolute Gasteiger partial charge is 0.497 e. The molecule has 0 atom stereocenters. The van der Waals surface area contributed by atoms with Crippen LogP contribution < -0.4 is 18.9 Å². The number of benzene rings is 1. The summed E-state index contributed by atoms with van der Waals surface area (Å²) in [5.74, 6) is 1.41. The van der Waals surface area contributed by atoms with E-state index < -0.39 is 5.97 Å². The second-order valence-corrected chi connectivity index (χ2v) is 5.09. The van der Waals surface area contributed by atoms with Gasteiger partial charge in [-0.3, -0.25) is 0 Å². The standard InChI is InChI=1S/C19H21NO6/c1-22-14-8-13(18(19(21)26-5)15(10-14)23-2)7-6-12-9-17(25-4)20-11-16(12)24-3/h6-11H,1-5H3/b7-6+. The predicted molar refractivity (Wildman–Crippen MR) is 97.2 cm³/mol. The Morgan fingerprint density at radius 1 is 0.846 bits per heavy atom. The Hall–Kier alpha value is -3.22. The Kier molecular flexibility index (Phi) is 6.43. The molecule has 7 nitrogen and oxygen atoms in total. The van der Waals surface area contributed by atoms with E-state index in [4.69, 9.17) is 23.7 Å². The lowest BCUT2D eigenvalue weighted by Gasteiger charge is -2.12. The summed E-state index contributed by atoms with van der Waals surface area (Å²) in [7, 11) is 7.42. The molecule has 0 radical (unpaired) electrons. The monoisotopic (exact) mass is 359 g/mol. The highest BCUT2D eigenvalue weighted by molar-refractivity contribution is 5.98. The van der Waals surface area contributed by atoms with Crippen LogP contribution >= 0.6 is 0 Å². The van der Waals surface area contributed by atoms with Crippen LogP contribution in [0, 0.1) is 0 Å². The number of aromatic nitrogens is 1. The van der Waals surface area contributed by atoms with E-state index in [1.54, 1.807) is 43.7 Å². The Bertz CT molecular complexity index is 816. The van der Waals surface area contributed by atoms with Crippen molar-refractivity contribution in [2.75, 3.05) is 35.5 Å². The maximum atomic E-state index is 12.2. The summed E-state index contributed by atoms with van der Waals surface area (Å²) < 4.78 is 25.9. The number of hydrogen-bond acceptors (Lipinski definition) is 7. The van der Waals surface area contributed by atoms with Gasteiger partial charge in [-0.25, -0.2) is 9.78 Å². The van der Waals surface area contributed by atoms with Crippen molar-refractivity contribution in [3.8, 4) is 23.1 Å². The molecule has 0 bridgehead atoms. The van der Waals surface area contributed by atoms with Gasteiger partial charge in [0.1, 0.15) is 22.8 Å². The van der Waals surface area contributed by atoms with E-state index in [2.05, 4.69) is 4.98 Å². The first-order chi connectivity index (χ1) is 12.6. The Morgan fingerprint density at radius 2 is 1.54 bits per heavy atom. The number of carbonyl (C=O) groups excluding carboxylic acids is 1. The number of methoxy groups -OCH3 is 5. The summed E-state index contributed by atoms with van der Waals surface area (Å²) >= 11 is 0. The molecule has 1 aromatic carbocycles. The average Bonchev–Trinajstić information content (AvgIpc) is 2.70. The summed E-state index contributed by atoms with van der Waals surface area (Å²) in [6, 6.07) is 5.07. The van der Waals surface area contributed by atoms with Gasteiger partial charge in [0.25, 0.3) is 0 Å². The first kappa shape index (κ1) is 19.1. The van der Waals surface area contributed by atoms with Gasteiger partial charge in [0.15, 0.2) is 0 Å². The molecule has 2 aromatic rings. The van der Waals surface area contributed by atoms with Gasteiger partial charge >= 0.3 is 5.97 Å². The summed E-state index contributed by atoms with van der Waals surface area (Å²) in [5, 5.41) is 0. The fourth-order valence-corrected chi connectivity index (χ4v) is 2.37. The molecule has 0 N–H and O–H groups in total. The number of esters is 1.